The van der Waals surface area contributed by atoms with Gasteiger partial charge in [-0.05, 0) is 31.2 Å². The molecular formula is C14H18O4S. The first-order valence-electron chi connectivity index (χ1n) is 6.14. The smallest absolute Gasteiger partial charge is 0.338 e. The van der Waals surface area contributed by atoms with Gasteiger partial charge in [-0.1, -0.05) is 12.1 Å². The first-order valence-corrected chi connectivity index (χ1v) is 7.13. The van der Waals surface area contributed by atoms with E-state index in [0.717, 1.165) is 17.1 Å². The molecule has 1 aromatic rings. The summed E-state index contributed by atoms with van der Waals surface area (Å²) in [6, 6.07) is 7.29. The molecule has 19 heavy (non-hydrogen) atoms. The van der Waals surface area contributed by atoms with Gasteiger partial charge in [0, 0.05) is 11.3 Å². The van der Waals surface area contributed by atoms with Crippen LogP contribution >= 0.6 is 11.8 Å². The molecule has 0 atom stereocenters. The monoisotopic (exact) mass is 282 g/mol. The molecule has 1 rings (SSSR count). The van der Waals surface area contributed by atoms with E-state index in [1.54, 1.807) is 30.8 Å². The largest absolute Gasteiger partial charge is 0.466 e. The predicted octanol–water partition coefficient (Wildman–Crippen LogP) is 2.91. The Labute approximate surface area is 117 Å². The first kappa shape index (κ1) is 15.6. The van der Waals surface area contributed by atoms with Crippen molar-refractivity contribution in [3.8, 4) is 0 Å². The molecule has 0 saturated carbocycles. The van der Waals surface area contributed by atoms with E-state index in [-0.39, 0.29) is 11.9 Å². The van der Waals surface area contributed by atoms with Crippen LogP contribution in [0.3, 0.4) is 0 Å². The molecule has 5 heteroatoms. The van der Waals surface area contributed by atoms with Crippen molar-refractivity contribution in [1.82, 2.24) is 0 Å². The van der Waals surface area contributed by atoms with Crippen LogP contribution < -0.4 is 0 Å². The fourth-order valence-corrected chi connectivity index (χ4v) is 2.49. The number of ether oxygens (including phenoxy) is 2. The van der Waals surface area contributed by atoms with E-state index < -0.39 is 0 Å². The number of thioether (sulfide) groups is 1. The second-order valence-corrected chi connectivity index (χ2v) is 4.88. The van der Waals surface area contributed by atoms with Gasteiger partial charge in [-0.3, -0.25) is 4.79 Å². The Morgan fingerprint density at radius 2 is 2.00 bits per heavy atom. The number of rotatable bonds is 7. The van der Waals surface area contributed by atoms with Gasteiger partial charge in [0.15, 0.2) is 0 Å². The van der Waals surface area contributed by atoms with Gasteiger partial charge in [-0.2, -0.15) is 0 Å². The van der Waals surface area contributed by atoms with Gasteiger partial charge in [0.25, 0.3) is 0 Å². The van der Waals surface area contributed by atoms with Crippen LogP contribution in [0, 0.1) is 0 Å². The van der Waals surface area contributed by atoms with Gasteiger partial charge >= 0.3 is 11.9 Å². The highest BCUT2D eigenvalue weighted by Gasteiger charge is 2.11. The molecule has 0 aliphatic rings. The lowest BCUT2D eigenvalue weighted by Gasteiger charge is -2.07. The number of esters is 2. The van der Waals surface area contributed by atoms with Crippen LogP contribution in [0.25, 0.3) is 0 Å². The van der Waals surface area contributed by atoms with Crippen molar-refractivity contribution in [3.63, 3.8) is 0 Å². The zero-order valence-electron chi connectivity index (χ0n) is 11.2. The topological polar surface area (TPSA) is 52.6 Å². The minimum absolute atomic E-state index is 0.177. The van der Waals surface area contributed by atoms with Crippen LogP contribution in [0.1, 0.15) is 30.1 Å². The Hall–Kier alpha value is -1.49. The van der Waals surface area contributed by atoms with Crippen LogP contribution in [0.4, 0.5) is 0 Å². The van der Waals surface area contributed by atoms with Crippen molar-refractivity contribution in [2.75, 3.05) is 19.5 Å². The average Bonchev–Trinajstić information content (AvgIpc) is 2.43. The lowest BCUT2D eigenvalue weighted by Crippen LogP contribution is -2.05. The Balaban J connectivity index is 2.45. The van der Waals surface area contributed by atoms with Crippen molar-refractivity contribution in [1.29, 1.82) is 0 Å². The van der Waals surface area contributed by atoms with Crippen LogP contribution in [0.2, 0.25) is 0 Å². The Morgan fingerprint density at radius 1 is 1.26 bits per heavy atom. The number of carbonyl (C=O) groups excluding carboxylic acids is 2. The molecule has 0 unspecified atom stereocenters. The minimum Gasteiger partial charge on any atom is -0.466 e. The second-order valence-electron chi connectivity index (χ2n) is 3.74. The van der Waals surface area contributed by atoms with E-state index in [2.05, 4.69) is 0 Å². The number of methoxy groups -OCH3 is 1. The summed E-state index contributed by atoms with van der Waals surface area (Å²) >= 11 is 1.54. The Morgan fingerprint density at radius 3 is 2.68 bits per heavy atom. The molecule has 0 aliphatic heterocycles. The van der Waals surface area contributed by atoms with Crippen molar-refractivity contribution in [2.45, 2.75) is 24.7 Å². The van der Waals surface area contributed by atoms with E-state index in [9.17, 15) is 9.59 Å². The fourth-order valence-electron chi connectivity index (χ4n) is 1.50. The summed E-state index contributed by atoms with van der Waals surface area (Å²) in [6.07, 6.45) is 1.13. The van der Waals surface area contributed by atoms with Crippen molar-refractivity contribution in [2.24, 2.45) is 0 Å². The van der Waals surface area contributed by atoms with Crippen LogP contribution in [-0.4, -0.2) is 31.4 Å². The Bertz CT molecular complexity index is 431. The molecule has 0 spiro atoms. The molecule has 4 nitrogen and oxygen atoms in total. The molecule has 0 aromatic heterocycles. The zero-order chi connectivity index (χ0) is 14.1. The molecule has 0 heterocycles. The zero-order valence-corrected chi connectivity index (χ0v) is 12.0. The molecule has 0 saturated heterocycles. The summed E-state index contributed by atoms with van der Waals surface area (Å²) in [6.45, 7) is 2.20. The normalized spacial score (nSPS) is 10.0. The van der Waals surface area contributed by atoms with Crippen LogP contribution in [0.15, 0.2) is 29.2 Å². The standard InChI is InChI=1S/C14H18O4S/c1-3-18-13(15)9-6-10-19-12-8-5-4-7-11(12)14(16)17-2/h4-5,7-8H,3,6,9-10H2,1-2H3. The fraction of sp³-hybridized carbons (Fsp3) is 0.429. The number of hydrogen-bond acceptors (Lipinski definition) is 5. The predicted molar refractivity (Wildman–Crippen MR) is 74.4 cm³/mol. The Kier molecular flexibility index (Phi) is 7.03. The third kappa shape index (κ3) is 5.34. The van der Waals surface area contributed by atoms with E-state index in [4.69, 9.17) is 9.47 Å². The van der Waals surface area contributed by atoms with E-state index >= 15 is 0 Å². The average molecular weight is 282 g/mol. The molecule has 104 valence electrons. The molecule has 0 bridgehead atoms. The lowest BCUT2D eigenvalue weighted by atomic mass is 10.2. The summed E-state index contributed by atoms with van der Waals surface area (Å²) < 4.78 is 9.58. The minimum atomic E-state index is -0.339. The molecule has 0 N–H and O–H groups in total. The highest BCUT2D eigenvalue weighted by Crippen LogP contribution is 2.24. The number of benzene rings is 1. The summed E-state index contributed by atoms with van der Waals surface area (Å²) in [5.74, 6) is 0.241. The van der Waals surface area contributed by atoms with Gasteiger partial charge in [-0.25, -0.2) is 4.79 Å². The molecule has 1 aromatic carbocycles. The SMILES string of the molecule is CCOC(=O)CCCSc1ccccc1C(=O)OC. The highest BCUT2D eigenvalue weighted by molar-refractivity contribution is 7.99. The van der Waals surface area contributed by atoms with Crippen molar-refractivity contribution in [3.05, 3.63) is 29.8 Å². The van der Waals surface area contributed by atoms with Gasteiger partial charge in [0.05, 0.1) is 19.3 Å². The van der Waals surface area contributed by atoms with Gasteiger partial charge in [0.2, 0.25) is 0 Å². The third-order valence-corrected chi connectivity index (χ3v) is 3.54. The van der Waals surface area contributed by atoms with Crippen molar-refractivity contribution >= 4 is 23.7 Å². The molecular weight excluding hydrogens is 264 g/mol. The summed E-state index contributed by atoms with van der Waals surface area (Å²) in [5, 5.41) is 0. The second kappa shape index (κ2) is 8.58. The molecule has 0 aliphatic carbocycles. The van der Waals surface area contributed by atoms with Crippen LogP contribution in [0.5, 0.6) is 0 Å². The van der Waals surface area contributed by atoms with E-state index in [0.29, 0.717) is 18.6 Å². The maximum absolute atomic E-state index is 11.6. The number of hydrogen-bond donors (Lipinski definition) is 0. The molecule has 0 fully saturated rings. The van der Waals surface area contributed by atoms with Gasteiger partial charge < -0.3 is 9.47 Å². The number of carbonyl (C=O) groups is 2. The summed E-state index contributed by atoms with van der Waals surface area (Å²) in [5.41, 5.74) is 0.561. The van der Waals surface area contributed by atoms with E-state index in [1.807, 2.05) is 12.1 Å². The van der Waals surface area contributed by atoms with Crippen molar-refractivity contribution < 1.29 is 19.1 Å². The van der Waals surface area contributed by atoms with Gasteiger partial charge in [0.1, 0.15) is 0 Å². The summed E-state index contributed by atoms with van der Waals surface area (Å²) in [7, 11) is 1.37. The van der Waals surface area contributed by atoms with Gasteiger partial charge in [-0.15, -0.1) is 11.8 Å². The maximum atomic E-state index is 11.6. The van der Waals surface area contributed by atoms with E-state index in [1.165, 1.54) is 7.11 Å². The molecule has 0 radical (unpaired) electrons. The quantitative estimate of drug-likeness (QED) is 0.437. The van der Waals surface area contributed by atoms with Crippen LogP contribution in [-0.2, 0) is 14.3 Å². The third-order valence-electron chi connectivity index (χ3n) is 2.38. The first-order chi connectivity index (χ1) is 9.19. The molecule has 0 amide bonds. The summed E-state index contributed by atoms with van der Waals surface area (Å²) in [4.78, 5) is 23.6. The lowest BCUT2D eigenvalue weighted by molar-refractivity contribution is -0.143. The highest BCUT2D eigenvalue weighted by atomic mass is 32.2. The maximum Gasteiger partial charge on any atom is 0.338 e.